The number of oxime groups is 1. The molecule has 0 saturated heterocycles. The Hall–Kier alpha value is -2.96. The van der Waals surface area contributed by atoms with Gasteiger partial charge in [0, 0.05) is 15.1 Å². The third-order valence-electron chi connectivity index (χ3n) is 4.02. The number of rotatable bonds is 4. The molecule has 2 aromatic heterocycles. The molecular formula is C21H16N2O2S2. The Labute approximate surface area is 164 Å². The predicted octanol–water partition coefficient (Wildman–Crippen LogP) is 6.60. The zero-order valence-electron chi connectivity index (χ0n) is 14.5. The first-order valence-electron chi connectivity index (χ1n) is 8.35. The molecule has 0 aliphatic rings. The fourth-order valence-corrected chi connectivity index (χ4v) is 4.48. The van der Waals surface area contributed by atoms with Crippen LogP contribution in [0.5, 0.6) is 0 Å². The molecule has 0 unspecified atom stereocenters. The fraction of sp³-hybridized carbons (Fsp3) is 0.0476. The maximum atomic E-state index is 12.1. The summed E-state index contributed by atoms with van der Waals surface area (Å²) in [5.41, 5.74) is 1.36. The van der Waals surface area contributed by atoms with Gasteiger partial charge in [0.05, 0.1) is 16.3 Å². The van der Waals surface area contributed by atoms with Crippen molar-refractivity contribution < 1.29 is 9.63 Å². The summed E-state index contributed by atoms with van der Waals surface area (Å²) in [6.45, 7) is 1.83. The highest BCUT2D eigenvalue weighted by molar-refractivity contribution is 7.22. The molecule has 0 atom stereocenters. The molecule has 4 nitrogen and oxygen atoms in total. The molecule has 0 saturated carbocycles. The van der Waals surface area contributed by atoms with Gasteiger partial charge >= 0.3 is 6.09 Å². The van der Waals surface area contributed by atoms with E-state index >= 15 is 0 Å². The number of carbonyl (C=O) groups excluding carboxylic acids is 1. The van der Waals surface area contributed by atoms with E-state index in [1.54, 1.807) is 22.7 Å². The Morgan fingerprint density at radius 3 is 2.67 bits per heavy atom. The van der Waals surface area contributed by atoms with E-state index in [0.29, 0.717) is 11.4 Å². The molecule has 0 aliphatic heterocycles. The largest absolute Gasteiger partial charge is 0.437 e. The molecule has 0 spiro atoms. The Morgan fingerprint density at radius 2 is 1.81 bits per heavy atom. The van der Waals surface area contributed by atoms with Gasteiger partial charge in [0.2, 0.25) is 0 Å². The lowest BCUT2D eigenvalue weighted by atomic mass is 10.1. The quantitative estimate of drug-likeness (QED) is 0.241. The molecule has 0 bridgehead atoms. The summed E-state index contributed by atoms with van der Waals surface area (Å²) in [4.78, 5) is 20.6. The zero-order valence-corrected chi connectivity index (χ0v) is 16.1. The predicted molar refractivity (Wildman–Crippen MR) is 114 cm³/mol. The van der Waals surface area contributed by atoms with E-state index in [9.17, 15) is 4.79 Å². The van der Waals surface area contributed by atoms with Crippen LogP contribution < -0.4 is 5.32 Å². The molecule has 0 fully saturated rings. The van der Waals surface area contributed by atoms with Crippen molar-refractivity contribution in [3.63, 3.8) is 0 Å². The number of carbonyl (C=O) groups is 1. The number of anilines is 1. The summed E-state index contributed by atoms with van der Waals surface area (Å²) in [7, 11) is 0. The van der Waals surface area contributed by atoms with E-state index in [0.717, 1.165) is 15.6 Å². The van der Waals surface area contributed by atoms with Crippen molar-refractivity contribution >= 4 is 50.9 Å². The van der Waals surface area contributed by atoms with Gasteiger partial charge < -0.3 is 0 Å². The van der Waals surface area contributed by atoms with Crippen LogP contribution in [0, 0.1) is 0 Å². The fourth-order valence-electron chi connectivity index (χ4n) is 2.71. The van der Waals surface area contributed by atoms with Crippen LogP contribution >= 0.6 is 22.7 Å². The van der Waals surface area contributed by atoms with E-state index in [4.69, 9.17) is 4.84 Å². The van der Waals surface area contributed by atoms with E-state index in [1.807, 2.05) is 61.5 Å². The maximum Gasteiger partial charge on any atom is 0.437 e. The smallest absolute Gasteiger partial charge is 0.297 e. The van der Waals surface area contributed by atoms with Gasteiger partial charge in [-0.2, -0.15) is 0 Å². The molecule has 4 aromatic rings. The average Bonchev–Trinajstić information content (AvgIpc) is 3.38. The number of thiophene rings is 2. The average molecular weight is 393 g/mol. The lowest BCUT2D eigenvalue weighted by molar-refractivity contribution is 0.166. The highest BCUT2D eigenvalue weighted by atomic mass is 32.1. The first kappa shape index (κ1) is 17.5. The number of nitrogens with one attached hydrogen (secondary N) is 1. The second-order valence-corrected chi connectivity index (χ2v) is 7.88. The van der Waals surface area contributed by atoms with Crippen LogP contribution in [0.15, 0.2) is 77.3 Å². The molecule has 2 heterocycles. The van der Waals surface area contributed by atoms with Gasteiger partial charge in [0.25, 0.3) is 0 Å². The summed E-state index contributed by atoms with van der Waals surface area (Å²) in [5, 5.41) is 10.8. The number of benzene rings is 2. The summed E-state index contributed by atoms with van der Waals surface area (Å²) < 4.78 is 0. The Balaban J connectivity index is 1.45. The van der Waals surface area contributed by atoms with Crippen LogP contribution in [0.4, 0.5) is 10.5 Å². The Bertz CT molecular complexity index is 1110. The lowest BCUT2D eigenvalue weighted by Gasteiger charge is -2.07. The Morgan fingerprint density at radius 1 is 0.963 bits per heavy atom. The molecule has 134 valence electrons. The van der Waals surface area contributed by atoms with Gasteiger partial charge in [0.1, 0.15) is 0 Å². The van der Waals surface area contributed by atoms with Gasteiger partial charge in [-0.1, -0.05) is 47.6 Å². The minimum atomic E-state index is -0.610. The van der Waals surface area contributed by atoms with E-state index in [2.05, 4.69) is 28.0 Å². The standard InChI is InChI=1S/C21H16N2O2S2/c1-14(18-11-12-20(27-18)19-10-5-13-26-19)23-25-21(24)22-17-9-4-7-15-6-2-3-8-16(15)17/h2-13H,1H3,(H,22,24)/b23-14+. The van der Waals surface area contributed by atoms with Gasteiger partial charge in [-0.05, 0) is 42.0 Å². The van der Waals surface area contributed by atoms with Gasteiger partial charge in [-0.25, -0.2) is 4.79 Å². The molecule has 4 rings (SSSR count). The van der Waals surface area contributed by atoms with Crippen molar-refractivity contribution in [2.45, 2.75) is 6.92 Å². The first-order chi connectivity index (χ1) is 13.2. The van der Waals surface area contributed by atoms with Crippen LogP contribution in [0.3, 0.4) is 0 Å². The number of fused-ring (bicyclic) bond motifs is 1. The molecular weight excluding hydrogens is 376 g/mol. The molecule has 1 N–H and O–H groups in total. The second kappa shape index (κ2) is 7.73. The zero-order chi connectivity index (χ0) is 18.6. The van der Waals surface area contributed by atoms with Crippen molar-refractivity contribution in [1.82, 2.24) is 0 Å². The van der Waals surface area contributed by atoms with E-state index < -0.39 is 6.09 Å². The molecule has 27 heavy (non-hydrogen) atoms. The maximum absolute atomic E-state index is 12.1. The van der Waals surface area contributed by atoms with Crippen LogP contribution in [0.2, 0.25) is 0 Å². The second-order valence-electron chi connectivity index (χ2n) is 5.85. The van der Waals surface area contributed by atoms with Crippen molar-refractivity contribution in [3.05, 3.63) is 77.0 Å². The minimum absolute atomic E-state index is 0.610. The van der Waals surface area contributed by atoms with E-state index in [-0.39, 0.29) is 0 Å². The molecule has 0 radical (unpaired) electrons. The van der Waals surface area contributed by atoms with Gasteiger partial charge in [-0.3, -0.25) is 10.2 Å². The highest BCUT2D eigenvalue weighted by Crippen LogP contribution is 2.31. The summed E-state index contributed by atoms with van der Waals surface area (Å²) >= 11 is 3.32. The first-order valence-corrected chi connectivity index (χ1v) is 10.0. The topological polar surface area (TPSA) is 50.7 Å². The monoisotopic (exact) mass is 392 g/mol. The number of amides is 1. The van der Waals surface area contributed by atoms with Crippen molar-refractivity contribution in [2.24, 2.45) is 5.16 Å². The van der Waals surface area contributed by atoms with Crippen molar-refractivity contribution in [1.29, 1.82) is 0 Å². The van der Waals surface area contributed by atoms with Crippen LogP contribution in [0.25, 0.3) is 20.5 Å². The summed E-state index contributed by atoms with van der Waals surface area (Å²) in [6.07, 6.45) is -0.610. The number of hydrogen-bond donors (Lipinski definition) is 1. The minimum Gasteiger partial charge on any atom is -0.297 e. The summed E-state index contributed by atoms with van der Waals surface area (Å²) in [6, 6.07) is 21.7. The molecule has 0 aliphatic carbocycles. The van der Waals surface area contributed by atoms with Crippen LogP contribution in [-0.2, 0) is 4.84 Å². The molecule has 6 heteroatoms. The highest BCUT2D eigenvalue weighted by Gasteiger charge is 2.09. The van der Waals surface area contributed by atoms with Gasteiger partial charge in [0.15, 0.2) is 0 Å². The lowest BCUT2D eigenvalue weighted by Crippen LogP contribution is -2.12. The van der Waals surface area contributed by atoms with Gasteiger partial charge in [-0.15, -0.1) is 22.7 Å². The van der Waals surface area contributed by atoms with Crippen molar-refractivity contribution in [3.8, 4) is 9.75 Å². The van der Waals surface area contributed by atoms with E-state index in [1.165, 1.54) is 9.75 Å². The van der Waals surface area contributed by atoms with Crippen LogP contribution in [-0.4, -0.2) is 11.8 Å². The molecule has 2 aromatic carbocycles. The number of hydrogen-bond acceptors (Lipinski definition) is 5. The Kier molecular flexibility index (Phi) is 5.00. The SMILES string of the molecule is C/C(=N\OC(=O)Nc1cccc2ccccc12)c1ccc(-c2cccs2)s1. The third kappa shape index (κ3) is 3.92. The molecule has 1 amide bonds. The van der Waals surface area contributed by atoms with Crippen LogP contribution in [0.1, 0.15) is 11.8 Å². The normalized spacial score (nSPS) is 11.5. The van der Waals surface area contributed by atoms with Crippen molar-refractivity contribution in [2.75, 3.05) is 5.32 Å². The number of nitrogens with zero attached hydrogens (tertiary/aromatic N) is 1. The summed E-state index contributed by atoms with van der Waals surface area (Å²) in [5.74, 6) is 0. The third-order valence-corrected chi connectivity index (χ3v) is 6.28.